The van der Waals surface area contributed by atoms with E-state index in [1.165, 1.54) is 30.2 Å². The molecule has 1 heterocycles. The summed E-state index contributed by atoms with van der Waals surface area (Å²) in [5.41, 5.74) is 6.90. The van der Waals surface area contributed by atoms with Crippen LogP contribution in [0.15, 0.2) is 34.7 Å². The molecule has 0 aliphatic heterocycles. The zero-order valence-electron chi connectivity index (χ0n) is 14.6. The number of sulfone groups is 1. The fourth-order valence-electron chi connectivity index (χ4n) is 3.57. The minimum absolute atomic E-state index is 0.0983. The predicted molar refractivity (Wildman–Crippen MR) is 104 cm³/mol. The smallest absolute Gasteiger partial charge is 0.233 e. The Balaban J connectivity index is 1.89. The number of amides is 1. The fraction of sp³-hybridized carbons (Fsp3) is 0.444. The van der Waals surface area contributed by atoms with E-state index in [2.05, 4.69) is 10.3 Å². The van der Waals surface area contributed by atoms with E-state index < -0.39 is 9.84 Å². The Labute approximate surface area is 157 Å². The SMILES string of the molecule is CS(=O)(=O)c1ccc(C(CC2CCCC2)C(=O)Nc2nccs2)cc1N. The number of thiazole rings is 1. The lowest BCUT2D eigenvalue weighted by Crippen LogP contribution is -2.23. The van der Waals surface area contributed by atoms with E-state index in [1.807, 2.05) is 0 Å². The summed E-state index contributed by atoms with van der Waals surface area (Å²) < 4.78 is 23.6. The molecule has 8 heteroatoms. The Morgan fingerprint density at radius 3 is 2.69 bits per heavy atom. The van der Waals surface area contributed by atoms with Gasteiger partial charge in [0, 0.05) is 17.8 Å². The summed E-state index contributed by atoms with van der Waals surface area (Å²) in [5.74, 6) is -0.00544. The molecule has 1 saturated carbocycles. The molecule has 2 aromatic rings. The van der Waals surface area contributed by atoms with Gasteiger partial charge in [-0.25, -0.2) is 13.4 Å². The van der Waals surface area contributed by atoms with E-state index in [4.69, 9.17) is 5.73 Å². The third kappa shape index (κ3) is 4.42. The summed E-state index contributed by atoms with van der Waals surface area (Å²) in [7, 11) is -3.39. The first kappa shape index (κ1) is 18.8. The number of nitrogens with two attached hydrogens (primary N) is 1. The second-order valence-electron chi connectivity index (χ2n) is 6.83. The highest BCUT2D eigenvalue weighted by Crippen LogP contribution is 2.36. The van der Waals surface area contributed by atoms with Gasteiger partial charge < -0.3 is 11.1 Å². The molecular weight excluding hydrogens is 370 g/mol. The van der Waals surface area contributed by atoms with E-state index in [1.54, 1.807) is 23.7 Å². The molecule has 1 aliphatic rings. The van der Waals surface area contributed by atoms with E-state index in [9.17, 15) is 13.2 Å². The third-order valence-corrected chi connectivity index (χ3v) is 6.72. The van der Waals surface area contributed by atoms with Gasteiger partial charge in [0.1, 0.15) is 0 Å². The Kier molecular flexibility index (Phi) is 5.62. The van der Waals surface area contributed by atoms with Crippen LogP contribution in [-0.4, -0.2) is 25.6 Å². The van der Waals surface area contributed by atoms with Gasteiger partial charge in [-0.1, -0.05) is 31.7 Å². The van der Waals surface area contributed by atoms with Crippen molar-refractivity contribution in [3.05, 3.63) is 35.3 Å². The van der Waals surface area contributed by atoms with Crippen molar-refractivity contribution in [3.63, 3.8) is 0 Å². The maximum absolute atomic E-state index is 12.9. The molecule has 0 saturated heterocycles. The van der Waals surface area contributed by atoms with E-state index in [-0.39, 0.29) is 22.4 Å². The number of carbonyl (C=O) groups excluding carboxylic acids is 1. The number of nitrogens with one attached hydrogen (secondary N) is 1. The van der Waals surface area contributed by atoms with Crippen molar-refractivity contribution in [2.45, 2.75) is 42.9 Å². The van der Waals surface area contributed by atoms with Crippen molar-refractivity contribution in [1.29, 1.82) is 0 Å². The topological polar surface area (TPSA) is 102 Å². The van der Waals surface area contributed by atoms with Crippen molar-refractivity contribution < 1.29 is 13.2 Å². The number of anilines is 2. The fourth-order valence-corrected chi connectivity index (χ4v) is 4.91. The molecule has 1 amide bonds. The van der Waals surface area contributed by atoms with E-state index >= 15 is 0 Å². The normalized spacial score (nSPS) is 16.5. The van der Waals surface area contributed by atoms with Gasteiger partial charge in [0.15, 0.2) is 15.0 Å². The summed E-state index contributed by atoms with van der Waals surface area (Å²) >= 11 is 1.37. The van der Waals surface area contributed by atoms with Crippen LogP contribution in [0.3, 0.4) is 0 Å². The number of hydrogen-bond acceptors (Lipinski definition) is 6. The first-order valence-corrected chi connectivity index (χ1v) is 11.4. The molecule has 6 nitrogen and oxygen atoms in total. The highest BCUT2D eigenvalue weighted by atomic mass is 32.2. The molecule has 1 unspecified atom stereocenters. The van der Waals surface area contributed by atoms with Gasteiger partial charge in [-0.3, -0.25) is 4.79 Å². The summed E-state index contributed by atoms with van der Waals surface area (Å²) in [6.07, 6.45) is 8.14. The molecule has 0 radical (unpaired) electrons. The highest BCUT2D eigenvalue weighted by molar-refractivity contribution is 7.90. The summed E-state index contributed by atoms with van der Waals surface area (Å²) in [6.45, 7) is 0. The van der Waals surface area contributed by atoms with Crippen LogP contribution in [-0.2, 0) is 14.6 Å². The Morgan fingerprint density at radius 1 is 1.38 bits per heavy atom. The van der Waals surface area contributed by atoms with E-state index in [0.717, 1.165) is 31.1 Å². The lowest BCUT2D eigenvalue weighted by molar-refractivity contribution is -0.118. The molecule has 0 spiro atoms. The van der Waals surface area contributed by atoms with Crippen molar-refractivity contribution in [2.75, 3.05) is 17.3 Å². The van der Waals surface area contributed by atoms with Gasteiger partial charge in [-0.15, -0.1) is 11.3 Å². The molecule has 3 N–H and O–H groups in total. The van der Waals surface area contributed by atoms with Crippen LogP contribution in [0.4, 0.5) is 10.8 Å². The van der Waals surface area contributed by atoms with Crippen LogP contribution in [0.1, 0.15) is 43.6 Å². The number of aromatic nitrogens is 1. The van der Waals surface area contributed by atoms with Gasteiger partial charge in [0.2, 0.25) is 5.91 Å². The van der Waals surface area contributed by atoms with Crippen molar-refractivity contribution >= 4 is 37.9 Å². The first-order chi connectivity index (χ1) is 12.3. The number of hydrogen-bond donors (Lipinski definition) is 2. The van der Waals surface area contributed by atoms with Crippen LogP contribution >= 0.6 is 11.3 Å². The predicted octanol–water partition coefficient (Wildman–Crippen LogP) is 3.43. The quantitative estimate of drug-likeness (QED) is 0.732. The van der Waals surface area contributed by atoms with Crippen LogP contribution in [0.2, 0.25) is 0 Å². The molecule has 1 aliphatic carbocycles. The first-order valence-electron chi connectivity index (χ1n) is 8.64. The van der Waals surface area contributed by atoms with Gasteiger partial charge in [-0.05, 0) is 30.0 Å². The maximum Gasteiger partial charge on any atom is 0.233 e. The average Bonchev–Trinajstić information content (AvgIpc) is 3.24. The summed E-state index contributed by atoms with van der Waals surface area (Å²) in [6, 6.07) is 4.82. The van der Waals surface area contributed by atoms with Crippen molar-refractivity contribution in [3.8, 4) is 0 Å². The van der Waals surface area contributed by atoms with Crippen molar-refractivity contribution in [2.24, 2.45) is 5.92 Å². The number of benzene rings is 1. The molecule has 1 fully saturated rings. The van der Waals surface area contributed by atoms with E-state index in [0.29, 0.717) is 11.0 Å². The lowest BCUT2D eigenvalue weighted by atomic mass is 9.87. The van der Waals surface area contributed by atoms with Crippen LogP contribution in [0.5, 0.6) is 0 Å². The summed E-state index contributed by atoms with van der Waals surface area (Å²) in [5, 5.41) is 5.24. The summed E-state index contributed by atoms with van der Waals surface area (Å²) in [4.78, 5) is 17.1. The molecule has 140 valence electrons. The molecule has 1 atom stereocenters. The second kappa shape index (κ2) is 7.75. The Hall–Kier alpha value is -1.93. The third-order valence-electron chi connectivity index (χ3n) is 4.86. The monoisotopic (exact) mass is 393 g/mol. The molecule has 1 aromatic heterocycles. The van der Waals surface area contributed by atoms with Gasteiger partial charge in [0.05, 0.1) is 16.5 Å². The average molecular weight is 394 g/mol. The molecule has 0 bridgehead atoms. The number of nitrogen functional groups attached to an aromatic ring is 1. The van der Waals surface area contributed by atoms with Crippen molar-refractivity contribution in [1.82, 2.24) is 4.98 Å². The molecule has 1 aromatic carbocycles. The minimum Gasteiger partial charge on any atom is -0.398 e. The Bertz CT molecular complexity index is 873. The lowest BCUT2D eigenvalue weighted by Gasteiger charge is -2.21. The standard InChI is InChI=1S/C18H23N3O3S2/c1-26(23,24)16-7-6-13(11-15(16)19)14(10-12-4-2-3-5-12)17(22)21-18-20-8-9-25-18/h6-9,11-12,14H,2-5,10,19H2,1H3,(H,20,21,22). The van der Waals surface area contributed by atoms with Crippen LogP contribution < -0.4 is 11.1 Å². The van der Waals surface area contributed by atoms with Gasteiger partial charge in [-0.2, -0.15) is 0 Å². The zero-order chi connectivity index (χ0) is 18.7. The maximum atomic E-state index is 12.9. The largest absolute Gasteiger partial charge is 0.398 e. The van der Waals surface area contributed by atoms with Crippen LogP contribution in [0, 0.1) is 5.92 Å². The minimum atomic E-state index is -3.39. The molecule has 26 heavy (non-hydrogen) atoms. The number of carbonyl (C=O) groups is 1. The van der Waals surface area contributed by atoms with Gasteiger partial charge >= 0.3 is 0 Å². The molecule has 3 rings (SSSR count). The number of rotatable bonds is 6. The van der Waals surface area contributed by atoms with Gasteiger partial charge in [0.25, 0.3) is 0 Å². The van der Waals surface area contributed by atoms with Crippen LogP contribution in [0.25, 0.3) is 0 Å². The second-order valence-corrected chi connectivity index (χ2v) is 9.71. The zero-order valence-corrected chi connectivity index (χ0v) is 16.3. The Morgan fingerprint density at radius 2 is 2.12 bits per heavy atom. The molecular formula is C18H23N3O3S2. The number of nitrogens with zero attached hydrogens (tertiary/aromatic N) is 1. The highest BCUT2D eigenvalue weighted by Gasteiger charge is 2.28.